The second-order valence-corrected chi connectivity index (χ2v) is 3.26. The van der Waals surface area contributed by atoms with E-state index >= 15 is 0 Å². The van der Waals surface area contributed by atoms with Crippen molar-refractivity contribution in [3.05, 3.63) is 62.7 Å². The van der Waals surface area contributed by atoms with Crippen LogP contribution in [0, 0.1) is 17.1 Å². The summed E-state index contributed by atoms with van der Waals surface area (Å²) in [5, 5.41) is 8.68. The first kappa shape index (κ1) is 10.8. The number of halogens is 1. The summed E-state index contributed by atoms with van der Waals surface area (Å²) in [4.78, 5) is 24.6. The zero-order chi connectivity index (χ0) is 12.4. The molecule has 0 fully saturated rings. The third-order valence-electron chi connectivity index (χ3n) is 2.15. The van der Waals surface area contributed by atoms with Gasteiger partial charge in [0.25, 0.3) is 5.56 Å². The van der Waals surface area contributed by atoms with Crippen LogP contribution in [0.4, 0.5) is 4.39 Å². The molecule has 0 saturated heterocycles. The maximum absolute atomic E-state index is 13.0. The van der Waals surface area contributed by atoms with Crippen molar-refractivity contribution in [2.45, 2.75) is 0 Å². The van der Waals surface area contributed by atoms with E-state index in [2.05, 4.69) is 0 Å². The minimum Gasteiger partial charge on any atom is -0.273 e. The van der Waals surface area contributed by atoms with Crippen LogP contribution < -0.4 is 11.2 Å². The molecular weight excluding hydrogens is 225 g/mol. The molecule has 0 atom stereocenters. The number of nitriles is 1. The van der Waals surface area contributed by atoms with Gasteiger partial charge in [0.05, 0.1) is 5.69 Å². The van der Waals surface area contributed by atoms with Crippen molar-refractivity contribution in [3.63, 3.8) is 0 Å². The Morgan fingerprint density at radius 3 is 2.76 bits per heavy atom. The highest BCUT2D eigenvalue weighted by atomic mass is 19.1. The van der Waals surface area contributed by atoms with Crippen LogP contribution in [0.3, 0.4) is 0 Å². The van der Waals surface area contributed by atoms with Crippen LogP contribution in [0.25, 0.3) is 5.69 Å². The first-order valence-corrected chi connectivity index (χ1v) is 4.64. The van der Waals surface area contributed by atoms with E-state index in [-0.39, 0.29) is 11.3 Å². The third kappa shape index (κ3) is 1.99. The number of benzene rings is 1. The van der Waals surface area contributed by atoms with Gasteiger partial charge >= 0.3 is 5.69 Å². The molecule has 2 aromatic rings. The molecule has 0 aliphatic rings. The fourth-order valence-electron chi connectivity index (χ4n) is 1.37. The largest absolute Gasteiger partial charge is 0.332 e. The Morgan fingerprint density at radius 1 is 1.35 bits per heavy atom. The van der Waals surface area contributed by atoms with Gasteiger partial charge in [-0.2, -0.15) is 5.26 Å². The van der Waals surface area contributed by atoms with Gasteiger partial charge in [0, 0.05) is 6.20 Å². The lowest BCUT2D eigenvalue weighted by Gasteiger charge is -2.04. The Morgan fingerprint density at radius 2 is 2.12 bits per heavy atom. The highest BCUT2D eigenvalue weighted by molar-refractivity contribution is 5.34. The molecule has 84 valence electrons. The fourth-order valence-corrected chi connectivity index (χ4v) is 1.37. The molecule has 1 aromatic carbocycles. The van der Waals surface area contributed by atoms with Gasteiger partial charge < -0.3 is 0 Å². The van der Waals surface area contributed by atoms with Crippen LogP contribution in [0.5, 0.6) is 0 Å². The van der Waals surface area contributed by atoms with Crippen LogP contribution in [0.2, 0.25) is 0 Å². The molecule has 1 aromatic heterocycles. The number of nitrogens with zero attached hydrogens (tertiary/aromatic N) is 2. The van der Waals surface area contributed by atoms with Crippen molar-refractivity contribution < 1.29 is 4.39 Å². The number of H-pyrrole nitrogens is 1. The lowest BCUT2D eigenvalue weighted by Crippen LogP contribution is -2.30. The van der Waals surface area contributed by atoms with Gasteiger partial charge in [-0.25, -0.2) is 9.18 Å². The normalized spacial score (nSPS) is 9.88. The number of aromatic nitrogens is 2. The van der Waals surface area contributed by atoms with Gasteiger partial charge in [-0.3, -0.25) is 14.3 Å². The van der Waals surface area contributed by atoms with Crippen molar-refractivity contribution in [2.24, 2.45) is 0 Å². The monoisotopic (exact) mass is 231 g/mol. The van der Waals surface area contributed by atoms with E-state index in [0.717, 1.165) is 16.8 Å². The molecule has 0 unspecified atom stereocenters. The topological polar surface area (TPSA) is 78.7 Å². The second-order valence-electron chi connectivity index (χ2n) is 3.26. The molecule has 0 radical (unpaired) electrons. The molecule has 0 aliphatic carbocycles. The molecule has 0 aliphatic heterocycles. The molecule has 2 rings (SSSR count). The quantitative estimate of drug-likeness (QED) is 0.777. The van der Waals surface area contributed by atoms with Crippen LogP contribution >= 0.6 is 0 Å². The van der Waals surface area contributed by atoms with E-state index in [9.17, 15) is 14.0 Å². The lowest BCUT2D eigenvalue weighted by atomic mass is 10.3. The van der Waals surface area contributed by atoms with Crippen LogP contribution in [0.15, 0.2) is 40.1 Å². The van der Waals surface area contributed by atoms with Crippen LogP contribution in [-0.4, -0.2) is 9.55 Å². The van der Waals surface area contributed by atoms with Crippen molar-refractivity contribution >= 4 is 0 Å². The zero-order valence-electron chi connectivity index (χ0n) is 8.48. The number of hydrogen-bond donors (Lipinski definition) is 1. The molecule has 0 spiro atoms. The molecule has 0 bridgehead atoms. The Labute approximate surface area is 94.4 Å². The number of rotatable bonds is 1. The standard InChI is InChI=1S/C11H6FN3O2/c12-8-2-1-3-9(4-8)15-6-7(5-13)10(16)14-11(15)17/h1-4,6H,(H,14,16,17). The summed E-state index contributed by atoms with van der Waals surface area (Å²) in [6, 6.07) is 6.92. The Kier molecular flexibility index (Phi) is 2.58. The minimum atomic E-state index is -0.759. The Hall–Kier alpha value is -2.68. The summed E-state index contributed by atoms with van der Waals surface area (Å²) in [6.07, 6.45) is 1.08. The van der Waals surface area contributed by atoms with E-state index in [1.54, 1.807) is 6.07 Å². The SMILES string of the molecule is N#Cc1cn(-c2cccc(F)c2)c(=O)[nH]c1=O. The van der Waals surface area contributed by atoms with Crippen molar-refractivity contribution in [1.29, 1.82) is 5.26 Å². The van der Waals surface area contributed by atoms with Gasteiger partial charge in [-0.15, -0.1) is 0 Å². The fraction of sp³-hybridized carbons (Fsp3) is 0. The second kappa shape index (κ2) is 4.06. The first-order valence-electron chi connectivity index (χ1n) is 4.64. The Balaban J connectivity index is 2.73. The first-order chi connectivity index (χ1) is 8.11. The number of aromatic amines is 1. The molecule has 0 saturated carbocycles. The highest BCUT2D eigenvalue weighted by Gasteiger charge is 2.06. The average Bonchev–Trinajstić information content (AvgIpc) is 2.29. The van der Waals surface area contributed by atoms with Gasteiger partial charge in [0.2, 0.25) is 0 Å². The van der Waals surface area contributed by atoms with Crippen LogP contribution in [-0.2, 0) is 0 Å². The summed E-state index contributed by atoms with van der Waals surface area (Å²) in [5.74, 6) is -0.515. The summed E-state index contributed by atoms with van der Waals surface area (Å²) in [5.41, 5.74) is -1.46. The molecule has 1 N–H and O–H groups in total. The average molecular weight is 231 g/mol. The predicted octanol–water partition coefficient (Wildman–Crippen LogP) is 0.537. The maximum Gasteiger partial charge on any atom is 0.332 e. The van der Waals surface area contributed by atoms with Gasteiger partial charge in [0.15, 0.2) is 0 Å². The predicted molar refractivity (Wildman–Crippen MR) is 57.3 cm³/mol. The summed E-state index contributed by atoms with van der Waals surface area (Å²) >= 11 is 0. The smallest absolute Gasteiger partial charge is 0.273 e. The molecule has 0 amide bonds. The summed E-state index contributed by atoms with van der Waals surface area (Å²) in [6.45, 7) is 0. The van der Waals surface area contributed by atoms with E-state index in [1.165, 1.54) is 18.2 Å². The molecule has 17 heavy (non-hydrogen) atoms. The Bertz CT molecular complexity index is 724. The molecule has 5 nitrogen and oxygen atoms in total. The van der Waals surface area contributed by atoms with E-state index in [1.807, 2.05) is 4.98 Å². The van der Waals surface area contributed by atoms with E-state index in [0.29, 0.717) is 0 Å². The zero-order valence-corrected chi connectivity index (χ0v) is 8.48. The molecular formula is C11H6FN3O2. The molecule has 1 heterocycles. The maximum atomic E-state index is 13.0. The van der Waals surface area contributed by atoms with E-state index in [4.69, 9.17) is 5.26 Å². The van der Waals surface area contributed by atoms with Crippen molar-refractivity contribution in [1.82, 2.24) is 9.55 Å². The minimum absolute atomic E-state index is 0.214. The number of hydrogen-bond acceptors (Lipinski definition) is 3. The number of nitrogens with one attached hydrogen (secondary N) is 1. The van der Waals surface area contributed by atoms with Gasteiger partial charge in [-0.05, 0) is 18.2 Å². The van der Waals surface area contributed by atoms with Gasteiger partial charge in [0.1, 0.15) is 17.4 Å². The van der Waals surface area contributed by atoms with Gasteiger partial charge in [-0.1, -0.05) is 6.07 Å². The van der Waals surface area contributed by atoms with Crippen molar-refractivity contribution in [3.8, 4) is 11.8 Å². The van der Waals surface area contributed by atoms with Crippen molar-refractivity contribution in [2.75, 3.05) is 0 Å². The molecule has 6 heteroatoms. The lowest BCUT2D eigenvalue weighted by molar-refractivity contribution is 0.626. The van der Waals surface area contributed by atoms with Crippen LogP contribution in [0.1, 0.15) is 5.56 Å². The highest BCUT2D eigenvalue weighted by Crippen LogP contribution is 2.06. The third-order valence-corrected chi connectivity index (χ3v) is 2.15. The summed E-state index contributed by atoms with van der Waals surface area (Å²) < 4.78 is 14.0. The summed E-state index contributed by atoms with van der Waals surface area (Å²) in [7, 11) is 0. The van der Waals surface area contributed by atoms with E-state index < -0.39 is 17.1 Å².